The molecule has 0 aliphatic carbocycles. The summed E-state index contributed by atoms with van der Waals surface area (Å²) in [7, 11) is 0. The van der Waals surface area contributed by atoms with Crippen molar-refractivity contribution in [2.45, 2.75) is 40.5 Å². The Bertz CT molecular complexity index is 520. The number of nitrogens with zero attached hydrogens (tertiary/aromatic N) is 1. The second-order valence-corrected chi connectivity index (χ2v) is 5.03. The van der Waals surface area contributed by atoms with Crippen LogP contribution >= 0.6 is 0 Å². The molecule has 0 aliphatic rings. The molecule has 20 heavy (non-hydrogen) atoms. The molecule has 0 aliphatic heterocycles. The van der Waals surface area contributed by atoms with Gasteiger partial charge in [0.2, 0.25) is 5.91 Å². The molecule has 0 atom stereocenters. The highest BCUT2D eigenvalue weighted by atomic mass is 16.4. The minimum Gasteiger partial charge on any atom is -0.409 e. The van der Waals surface area contributed by atoms with Crippen molar-refractivity contribution in [2.24, 2.45) is 16.3 Å². The minimum absolute atomic E-state index is 0.0520. The van der Waals surface area contributed by atoms with Crippen LogP contribution in [0, 0.1) is 19.3 Å². The summed E-state index contributed by atoms with van der Waals surface area (Å²) < 4.78 is 0. The third-order valence-electron chi connectivity index (χ3n) is 4.00. The van der Waals surface area contributed by atoms with Crippen molar-refractivity contribution >= 4 is 17.4 Å². The van der Waals surface area contributed by atoms with E-state index in [0.717, 1.165) is 16.8 Å². The number of carbonyl (C=O) groups excluding carboxylic acids is 1. The molecule has 1 aromatic rings. The van der Waals surface area contributed by atoms with E-state index in [9.17, 15) is 4.79 Å². The van der Waals surface area contributed by atoms with Crippen LogP contribution in [0.4, 0.5) is 5.69 Å². The zero-order chi connectivity index (χ0) is 15.3. The van der Waals surface area contributed by atoms with Crippen molar-refractivity contribution in [3.8, 4) is 0 Å². The molecule has 0 aromatic heterocycles. The Labute approximate surface area is 119 Å². The molecule has 1 amide bonds. The molecule has 0 radical (unpaired) electrons. The lowest BCUT2D eigenvalue weighted by atomic mass is 9.80. The zero-order valence-electron chi connectivity index (χ0n) is 12.5. The van der Waals surface area contributed by atoms with Gasteiger partial charge in [0.1, 0.15) is 5.41 Å². The van der Waals surface area contributed by atoms with E-state index in [2.05, 4.69) is 10.5 Å². The number of hydrogen-bond donors (Lipinski definition) is 3. The summed E-state index contributed by atoms with van der Waals surface area (Å²) >= 11 is 0. The van der Waals surface area contributed by atoms with Crippen molar-refractivity contribution in [3.05, 3.63) is 29.3 Å². The summed E-state index contributed by atoms with van der Waals surface area (Å²) in [6, 6.07) is 5.71. The molecular formula is C15H23N3O2. The maximum Gasteiger partial charge on any atom is 0.238 e. The highest BCUT2D eigenvalue weighted by molar-refractivity contribution is 6.11. The van der Waals surface area contributed by atoms with Crippen molar-refractivity contribution < 1.29 is 10.0 Å². The molecule has 0 saturated heterocycles. The molecule has 0 bridgehead atoms. The molecule has 0 spiro atoms. The summed E-state index contributed by atoms with van der Waals surface area (Å²) in [6.45, 7) is 7.70. The predicted octanol–water partition coefficient (Wildman–Crippen LogP) is 2.79. The number of aryl methyl sites for hydroxylation is 2. The molecule has 5 heteroatoms. The lowest BCUT2D eigenvalue weighted by Crippen LogP contribution is -2.46. The predicted molar refractivity (Wildman–Crippen MR) is 81.0 cm³/mol. The van der Waals surface area contributed by atoms with Crippen molar-refractivity contribution in [2.75, 3.05) is 5.32 Å². The van der Waals surface area contributed by atoms with Gasteiger partial charge >= 0.3 is 0 Å². The Hall–Kier alpha value is -2.04. The number of rotatable bonds is 5. The van der Waals surface area contributed by atoms with Gasteiger partial charge in [0.25, 0.3) is 0 Å². The van der Waals surface area contributed by atoms with Gasteiger partial charge in [0.05, 0.1) is 0 Å². The van der Waals surface area contributed by atoms with Crippen LogP contribution in [0.5, 0.6) is 0 Å². The third-order valence-corrected chi connectivity index (χ3v) is 4.00. The third kappa shape index (κ3) is 2.92. The van der Waals surface area contributed by atoms with E-state index in [1.165, 1.54) is 0 Å². The van der Waals surface area contributed by atoms with Crippen LogP contribution in [-0.2, 0) is 4.79 Å². The van der Waals surface area contributed by atoms with E-state index >= 15 is 0 Å². The lowest BCUT2D eigenvalue weighted by Gasteiger charge is -2.28. The Morgan fingerprint density at radius 3 is 2.35 bits per heavy atom. The van der Waals surface area contributed by atoms with Crippen LogP contribution in [0.1, 0.15) is 37.8 Å². The Morgan fingerprint density at radius 1 is 1.30 bits per heavy atom. The van der Waals surface area contributed by atoms with Crippen LogP contribution in [0.2, 0.25) is 0 Å². The fourth-order valence-electron chi connectivity index (χ4n) is 2.22. The monoisotopic (exact) mass is 277 g/mol. The largest absolute Gasteiger partial charge is 0.409 e. The average Bonchev–Trinajstić information content (AvgIpc) is 2.44. The van der Waals surface area contributed by atoms with Gasteiger partial charge < -0.3 is 16.3 Å². The first-order chi connectivity index (χ1) is 9.41. The molecule has 0 saturated carbocycles. The molecule has 5 nitrogen and oxygen atoms in total. The summed E-state index contributed by atoms with van der Waals surface area (Å²) in [5.74, 6) is -0.301. The number of benzene rings is 1. The first-order valence-corrected chi connectivity index (χ1v) is 6.78. The number of hydrogen-bond acceptors (Lipinski definition) is 3. The second-order valence-electron chi connectivity index (χ2n) is 5.03. The number of nitrogens with two attached hydrogens (primary N) is 1. The average molecular weight is 277 g/mol. The Balaban J connectivity index is 3.06. The SMILES string of the molecule is CCC(CC)(C(=O)Nc1ccc(C)c(C)c1)C(N)=NO. The number of anilines is 1. The summed E-state index contributed by atoms with van der Waals surface area (Å²) in [6.07, 6.45) is 0.937. The van der Waals surface area contributed by atoms with Gasteiger partial charge in [0, 0.05) is 5.69 Å². The van der Waals surface area contributed by atoms with Crippen molar-refractivity contribution in [1.29, 1.82) is 0 Å². The Kier molecular flexibility index (Phi) is 5.13. The number of amidine groups is 1. The smallest absolute Gasteiger partial charge is 0.238 e. The summed E-state index contributed by atoms with van der Waals surface area (Å²) in [5, 5.41) is 14.8. The molecule has 4 N–H and O–H groups in total. The van der Waals surface area contributed by atoms with Crippen LogP contribution in [-0.4, -0.2) is 17.0 Å². The molecule has 1 aromatic carbocycles. The number of amides is 1. The zero-order valence-corrected chi connectivity index (χ0v) is 12.5. The van der Waals surface area contributed by atoms with E-state index in [1.54, 1.807) is 0 Å². The fourth-order valence-corrected chi connectivity index (χ4v) is 2.22. The summed E-state index contributed by atoms with van der Waals surface area (Å²) in [4.78, 5) is 12.5. The maximum atomic E-state index is 12.5. The topological polar surface area (TPSA) is 87.7 Å². The number of nitrogens with one attached hydrogen (secondary N) is 1. The minimum atomic E-state index is -0.979. The van der Waals surface area contributed by atoms with E-state index < -0.39 is 5.41 Å². The number of carbonyl (C=O) groups is 1. The molecule has 0 heterocycles. The molecular weight excluding hydrogens is 254 g/mol. The quantitative estimate of drug-likeness (QED) is 0.335. The summed E-state index contributed by atoms with van der Waals surface area (Å²) in [5.41, 5.74) is 7.73. The maximum absolute atomic E-state index is 12.5. The molecule has 1 rings (SSSR count). The highest BCUT2D eigenvalue weighted by Crippen LogP contribution is 2.29. The van der Waals surface area contributed by atoms with Gasteiger partial charge in [-0.15, -0.1) is 0 Å². The Morgan fingerprint density at radius 2 is 1.90 bits per heavy atom. The first kappa shape index (κ1) is 16.0. The molecule has 0 unspecified atom stereocenters. The van der Waals surface area contributed by atoms with Gasteiger partial charge in [-0.1, -0.05) is 25.1 Å². The highest BCUT2D eigenvalue weighted by Gasteiger charge is 2.39. The van der Waals surface area contributed by atoms with E-state index in [1.807, 2.05) is 45.9 Å². The molecule has 0 fully saturated rings. The van der Waals surface area contributed by atoms with Gasteiger partial charge in [-0.2, -0.15) is 0 Å². The molecule has 110 valence electrons. The first-order valence-electron chi connectivity index (χ1n) is 6.78. The van der Waals surface area contributed by atoms with Gasteiger partial charge in [-0.25, -0.2) is 0 Å². The van der Waals surface area contributed by atoms with Crippen LogP contribution in [0.15, 0.2) is 23.4 Å². The second kappa shape index (κ2) is 6.41. The lowest BCUT2D eigenvalue weighted by molar-refractivity contribution is -0.122. The normalized spacial score (nSPS) is 12.3. The number of oxime groups is 1. The van der Waals surface area contributed by atoms with Crippen molar-refractivity contribution in [3.63, 3.8) is 0 Å². The van der Waals surface area contributed by atoms with Crippen LogP contribution in [0.3, 0.4) is 0 Å². The van der Waals surface area contributed by atoms with Crippen LogP contribution in [0.25, 0.3) is 0 Å². The van der Waals surface area contributed by atoms with E-state index in [0.29, 0.717) is 12.8 Å². The van der Waals surface area contributed by atoms with Crippen molar-refractivity contribution in [1.82, 2.24) is 0 Å². The fraction of sp³-hybridized carbons (Fsp3) is 0.467. The van der Waals surface area contributed by atoms with Gasteiger partial charge in [0.15, 0.2) is 5.84 Å². The standard InChI is InChI=1S/C15H23N3O2/c1-5-15(6-2,13(16)18-20)14(19)17-12-8-7-10(3)11(4)9-12/h7-9,20H,5-6H2,1-4H3,(H2,16,18)(H,17,19). The van der Waals surface area contributed by atoms with Gasteiger partial charge in [-0.05, 0) is 49.9 Å². The van der Waals surface area contributed by atoms with Gasteiger partial charge in [-0.3, -0.25) is 4.79 Å². The van der Waals surface area contributed by atoms with E-state index in [-0.39, 0.29) is 11.7 Å². The van der Waals surface area contributed by atoms with Crippen LogP contribution < -0.4 is 11.1 Å². The van der Waals surface area contributed by atoms with E-state index in [4.69, 9.17) is 10.9 Å².